The fourth-order valence-corrected chi connectivity index (χ4v) is 5.34. The van der Waals surface area contributed by atoms with E-state index in [-0.39, 0.29) is 17.0 Å². The number of nitrogens with zero attached hydrogens (tertiary/aromatic N) is 1. The molecule has 0 fully saturated rings. The molecule has 2 atom stereocenters. The highest BCUT2D eigenvalue weighted by Crippen LogP contribution is 2.14. The first kappa shape index (κ1) is 29.4. The van der Waals surface area contributed by atoms with Crippen LogP contribution in [0.15, 0.2) is 126 Å². The lowest BCUT2D eigenvalue weighted by Crippen LogP contribution is -2.50. The fourth-order valence-electron chi connectivity index (χ4n) is 4.25. The molecule has 0 aliphatic heterocycles. The Morgan fingerprint density at radius 3 is 2.12 bits per heavy atom. The van der Waals surface area contributed by atoms with Crippen LogP contribution < -0.4 is 10.6 Å². The number of carbonyl (C=O) groups excluding carboxylic acids is 2. The molecule has 0 saturated heterocycles. The number of rotatable bonds is 12. The standard InChI is InChI=1S/C33H33N3O4S/c1-25-15-17-27(18-16-25)24-31(36-32(37)30-14-8-9-22-34-30)33(38)35-28(20-19-26-10-4-2-5-11-26)21-23-41(39,40)29-12-6-3-7-13-29/h2-18,21-23,28,31H,19-20,24H2,1H3,(H,35,38)(H,36,37)/b23-21+/t28-,31-/m0/s1. The van der Waals surface area contributed by atoms with E-state index in [0.29, 0.717) is 12.8 Å². The van der Waals surface area contributed by atoms with Crippen molar-refractivity contribution >= 4 is 21.7 Å². The zero-order chi connectivity index (χ0) is 29.1. The van der Waals surface area contributed by atoms with Crippen molar-refractivity contribution in [3.8, 4) is 0 Å². The van der Waals surface area contributed by atoms with Gasteiger partial charge in [-0.1, -0.05) is 90.5 Å². The minimum Gasteiger partial charge on any atom is -0.348 e. The molecule has 0 aliphatic rings. The van der Waals surface area contributed by atoms with Crippen LogP contribution in [0, 0.1) is 6.92 Å². The van der Waals surface area contributed by atoms with E-state index in [1.807, 2.05) is 61.5 Å². The SMILES string of the molecule is Cc1ccc(C[C@H](NC(=O)c2ccccn2)C(=O)N[C@H](/C=C/S(=O)(=O)c2ccccc2)CCc2ccccc2)cc1. The molecule has 3 aromatic carbocycles. The van der Waals surface area contributed by atoms with E-state index in [0.717, 1.165) is 22.1 Å². The van der Waals surface area contributed by atoms with Crippen LogP contribution in [0.25, 0.3) is 0 Å². The monoisotopic (exact) mass is 567 g/mol. The molecule has 8 heteroatoms. The van der Waals surface area contributed by atoms with E-state index in [9.17, 15) is 18.0 Å². The van der Waals surface area contributed by atoms with Crippen molar-refractivity contribution in [3.63, 3.8) is 0 Å². The summed E-state index contributed by atoms with van der Waals surface area (Å²) in [7, 11) is -3.71. The van der Waals surface area contributed by atoms with Gasteiger partial charge in [-0.3, -0.25) is 14.6 Å². The quantitative estimate of drug-likeness (QED) is 0.255. The van der Waals surface area contributed by atoms with Crippen molar-refractivity contribution in [2.75, 3.05) is 0 Å². The van der Waals surface area contributed by atoms with Gasteiger partial charge in [0.1, 0.15) is 11.7 Å². The minimum atomic E-state index is -3.71. The third-order valence-corrected chi connectivity index (χ3v) is 8.00. The summed E-state index contributed by atoms with van der Waals surface area (Å²) in [5, 5.41) is 6.93. The Morgan fingerprint density at radius 2 is 1.46 bits per heavy atom. The molecule has 1 aromatic heterocycles. The molecule has 2 N–H and O–H groups in total. The van der Waals surface area contributed by atoms with Crippen molar-refractivity contribution in [1.29, 1.82) is 0 Å². The molecule has 7 nitrogen and oxygen atoms in total. The van der Waals surface area contributed by atoms with E-state index in [4.69, 9.17) is 0 Å². The van der Waals surface area contributed by atoms with Crippen molar-refractivity contribution in [2.24, 2.45) is 0 Å². The number of nitrogens with one attached hydrogen (secondary N) is 2. The van der Waals surface area contributed by atoms with E-state index < -0.39 is 33.7 Å². The van der Waals surface area contributed by atoms with Gasteiger partial charge in [0.25, 0.3) is 5.91 Å². The molecule has 4 aromatic rings. The molecule has 0 spiro atoms. The average Bonchev–Trinajstić information content (AvgIpc) is 3.00. The van der Waals surface area contributed by atoms with Gasteiger partial charge in [-0.05, 0) is 55.2 Å². The summed E-state index contributed by atoms with van der Waals surface area (Å²) in [6.07, 6.45) is 4.35. The van der Waals surface area contributed by atoms with Gasteiger partial charge in [0, 0.05) is 24.1 Å². The zero-order valence-electron chi connectivity index (χ0n) is 22.8. The molecule has 2 amide bonds. The van der Waals surface area contributed by atoms with E-state index in [1.54, 1.807) is 36.4 Å². The average molecular weight is 568 g/mol. The Bertz CT molecular complexity index is 1560. The molecule has 0 unspecified atom stereocenters. The third-order valence-electron chi connectivity index (χ3n) is 6.56. The lowest BCUT2D eigenvalue weighted by molar-refractivity contribution is -0.123. The zero-order valence-corrected chi connectivity index (χ0v) is 23.6. The second kappa shape index (κ2) is 14.2. The maximum Gasteiger partial charge on any atom is 0.270 e. The molecule has 0 radical (unpaired) electrons. The number of aromatic nitrogens is 1. The first-order chi connectivity index (χ1) is 19.8. The smallest absolute Gasteiger partial charge is 0.270 e. The van der Waals surface area contributed by atoms with Crippen LogP contribution in [0.1, 0.15) is 33.6 Å². The Hall–Kier alpha value is -4.56. The van der Waals surface area contributed by atoms with Crippen molar-refractivity contribution in [3.05, 3.63) is 143 Å². The number of amides is 2. The highest BCUT2D eigenvalue weighted by atomic mass is 32.2. The minimum absolute atomic E-state index is 0.171. The van der Waals surface area contributed by atoms with Crippen LogP contribution >= 0.6 is 0 Å². The second-order valence-electron chi connectivity index (χ2n) is 9.76. The van der Waals surface area contributed by atoms with Crippen LogP contribution in [0.2, 0.25) is 0 Å². The number of hydrogen-bond donors (Lipinski definition) is 2. The maximum absolute atomic E-state index is 13.7. The van der Waals surface area contributed by atoms with Gasteiger partial charge in [0.2, 0.25) is 5.91 Å². The first-order valence-electron chi connectivity index (χ1n) is 13.4. The van der Waals surface area contributed by atoms with E-state index >= 15 is 0 Å². The largest absolute Gasteiger partial charge is 0.348 e. The number of carbonyl (C=O) groups is 2. The van der Waals surface area contributed by atoms with Gasteiger partial charge in [-0.2, -0.15) is 0 Å². The molecule has 41 heavy (non-hydrogen) atoms. The number of aryl methyl sites for hydroxylation is 2. The van der Waals surface area contributed by atoms with Gasteiger partial charge in [0.05, 0.1) is 4.90 Å². The summed E-state index contributed by atoms with van der Waals surface area (Å²) < 4.78 is 25.9. The summed E-state index contributed by atoms with van der Waals surface area (Å²) in [6, 6.07) is 29.1. The first-order valence-corrected chi connectivity index (χ1v) is 14.9. The van der Waals surface area contributed by atoms with Gasteiger partial charge in [-0.25, -0.2) is 8.42 Å². The summed E-state index contributed by atoms with van der Waals surface area (Å²) in [5.74, 6) is -0.893. The van der Waals surface area contributed by atoms with E-state index in [1.165, 1.54) is 24.4 Å². The molecule has 210 valence electrons. The summed E-state index contributed by atoms with van der Waals surface area (Å²) in [6.45, 7) is 1.98. The normalized spacial score (nSPS) is 12.9. The Labute approximate surface area is 241 Å². The summed E-state index contributed by atoms with van der Waals surface area (Å²) in [5.41, 5.74) is 3.22. The van der Waals surface area contributed by atoms with Gasteiger partial charge in [-0.15, -0.1) is 0 Å². The van der Waals surface area contributed by atoms with Crippen LogP contribution in [0.4, 0.5) is 0 Å². The number of benzene rings is 3. The third kappa shape index (κ3) is 8.98. The Balaban J connectivity index is 1.57. The molecule has 0 aliphatic carbocycles. The van der Waals surface area contributed by atoms with Crippen LogP contribution in [0.3, 0.4) is 0 Å². The van der Waals surface area contributed by atoms with Crippen LogP contribution in [0.5, 0.6) is 0 Å². The van der Waals surface area contributed by atoms with Crippen LogP contribution in [-0.2, 0) is 27.5 Å². The van der Waals surface area contributed by atoms with Crippen molar-refractivity contribution in [2.45, 2.75) is 43.2 Å². The summed E-state index contributed by atoms with van der Waals surface area (Å²) in [4.78, 5) is 30.9. The van der Waals surface area contributed by atoms with Gasteiger partial charge in [0.15, 0.2) is 9.84 Å². The lowest BCUT2D eigenvalue weighted by atomic mass is 10.0. The lowest BCUT2D eigenvalue weighted by Gasteiger charge is -2.22. The number of sulfone groups is 1. The Kier molecular flexibility index (Phi) is 10.2. The summed E-state index contributed by atoms with van der Waals surface area (Å²) >= 11 is 0. The number of hydrogen-bond acceptors (Lipinski definition) is 5. The van der Waals surface area contributed by atoms with Crippen molar-refractivity contribution in [1.82, 2.24) is 15.6 Å². The van der Waals surface area contributed by atoms with Gasteiger partial charge < -0.3 is 10.6 Å². The fraction of sp³-hybridized carbons (Fsp3) is 0.182. The molecular weight excluding hydrogens is 534 g/mol. The Morgan fingerprint density at radius 1 is 0.805 bits per heavy atom. The van der Waals surface area contributed by atoms with Crippen LogP contribution in [-0.4, -0.2) is 37.3 Å². The molecule has 1 heterocycles. The topological polar surface area (TPSA) is 105 Å². The molecule has 4 rings (SSSR count). The van der Waals surface area contributed by atoms with Crippen molar-refractivity contribution < 1.29 is 18.0 Å². The highest BCUT2D eigenvalue weighted by molar-refractivity contribution is 7.94. The van der Waals surface area contributed by atoms with E-state index in [2.05, 4.69) is 15.6 Å². The predicted octanol–water partition coefficient (Wildman–Crippen LogP) is 4.84. The predicted molar refractivity (Wildman–Crippen MR) is 160 cm³/mol. The maximum atomic E-state index is 13.7. The molecular formula is C33H33N3O4S. The number of pyridine rings is 1. The van der Waals surface area contributed by atoms with Gasteiger partial charge >= 0.3 is 0 Å². The second-order valence-corrected chi connectivity index (χ2v) is 11.6. The molecule has 0 bridgehead atoms. The molecule has 0 saturated carbocycles. The highest BCUT2D eigenvalue weighted by Gasteiger charge is 2.24.